The minimum Gasteiger partial charge on any atom is -0.480 e. The summed E-state index contributed by atoms with van der Waals surface area (Å²) in [6, 6.07) is 4.53. The number of piperidine rings is 1. The van der Waals surface area contributed by atoms with E-state index in [0.717, 1.165) is 12.8 Å². The SMILES string of the molecule is CC1(C(=O)O)CCCCN1Cc1c(F)cccc1Cl. The van der Waals surface area contributed by atoms with Gasteiger partial charge in [0.2, 0.25) is 0 Å². The maximum atomic E-state index is 13.8. The summed E-state index contributed by atoms with van der Waals surface area (Å²) >= 11 is 6.01. The Balaban J connectivity index is 2.28. The van der Waals surface area contributed by atoms with E-state index >= 15 is 0 Å². The molecule has 1 aliphatic rings. The average Bonchev–Trinajstić information content (AvgIpc) is 2.36. The first kappa shape index (κ1) is 14.3. The molecule has 3 nitrogen and oxygen atoms in total. The Morgan fingerprint density at radius 2 is 2.26 bits per heavy atom. The number of nitrogens with zero attached hydrogens (tertiary/aromatic N) is 1. The number of rotatable bonds is 3. The molecular weight excluding hydrogens is 269 g/mol. The molecule has 1 N–H and O–H groups in total. The molecule has 0 spiro atoms. The Morgan fingerprint density at radius 1 is 1.53 bits per heavy atom. The maximum absolute atomic E-state index is 13.8. The number of halogens is 2. The lowest BCUT2D eigenvalue weighted by Crippen LogP contribution is -2.54. The molecule has 0 aliphatic carbocycles. The summed E-state index contributed by atoms with van der Waals surface area (Å²) in [7, 11) is 0. The summed E-state index contributed by atoms with van der Waals surface area (Å²) in [5.41, 5.74) is -0.567. The highest BCUT2D eigenvalue weighted by molar-refractivity contribution is 6.31. The second-order valence-corrected chi connectivity index (χ2v) is 5.57. The predicted octanol–water partition coefficient (Wildman–Crippen LogP) is 3.31. The summed E-state index contributed by atoms with van der Waals surface area (Å²) < 4.78 is 13.8. The molecule has 0 radical (unpaired) electrons. The Hall–Kier alpha value is -1.13. The first-order valence-electron chi connectivity index (χ1n) is 6.36. The topological polar surface area (TPSA) is 40.5 Å². The molecule has 1 saturated heterocycles. The standard InChI is InChI=1S/C14H17ClFNO2/c1-14(13(18)19)7-2-3-8-17(14)9-10-11(15)5-4-6-12(10)16/h4-6H,2-3,7-9H2,1H3,(H,18,19). The van der Waals surface area contributed by atoms with Crippen LogP contribution in [0.2, 0.25) is 5.02 Å². The number of aliphatic carboxylic acids is 1. The molecule has 1 aliphatic heterocycles. The zero-order valence-electron chi connectivity index (χ0n) is 10.8. The summed E-state index contributed by atoms with van der Waals surface area (Å²) in [6.45, 7) is 2.57. The predicted molar refractivity (Wildman–Crippen MR) is 71.7 cm³/mol. The summed E-state index contributed by atoms with van der Waals surface area (Å²) in [6.07, 6.45) is 2.38. The average molecular weight is 286 g/mol. The number of benzene rings is 1. The molecule has 5 heteroatoms. The Bertz CT molecular complexity index is 474. The van der Waals surface area contributed by atoms with Crippen molar-refractivity contribution < 1.29 is 14.3 Å². The van der Waals surface area contributed by atoms with Gasteiger partial charge >= 0.3 is 5.97 Å². The van der Waals surface area contributed by atoms with E-state index in [2.05, 4.69) is 0 Å². The van der Waals surface area contributed by atoms with Crippen LogP contribution >= 0.6 is 11.6 Å². The minimum absolute atomic E-state index is 0.230. The normalized spacial score (nSPS) is 24.4. The molecule has 0 aromatic heterocycles. The minimum atomic E-state index is -0.941. The van der Waals surface area contributed by atoms with Gasteiger partial charge in [-0.1, -0.05) is 17.7 Å². The van der Waals surface area contributed by atoms with E-state index in [9.17, 15) is 14.3 Å². The fraction of sp³-hybridized carbons (Fsp3) is 0.500. The van der Waals surface area contributed by atoms with Gasteiger partial charge < -0.3 is 5.11 Å². The number of carboxylic acids is 1. The number of hydrogen-bond acceptors (Lipinski definition) is 2. The number of likely N-dealkylation sites (tertiary alicyclic amines) is 1. The van der Waals surface area contributed by atoms with Crippen LogP contribution in [0, 0.1) is 5.82 Å². The molecule has 0 amide bonds. The molecular formula is C14H17ClFNO2. The van der Waals surface area contributed by atoms with Gasteiger partial charge in [-0.2, -0.15) is 0 Å². The highest BCUT2D eigenvalue weighted by atomic mass is 35.5. The van der Waals surface area contributed by atoms with Crippen LogP contribution < -0.4 is 0 Å². The lowest BCUT2D eigenvalue weighted by atomic mass is 9.88. The van der Waals surface area contributed by atoms with Gasteiger partial charge in [-0.3, -0.25) is 9.69 Å². The van der Waals surface area contributed by atoms with Gasteiger partial charge in [0.15, 0.2) is 0 Å². The molecule has 1 unspecified atom stereocenters. The lowest BCUT2D eigenvalue weighted by molar-refractivity contribution is -0.153. The molecule has 1 aromatic carbocycles. The van der Waals surface area contributed by atoms with Crippen molar-refractivity contribution in [2.75, 3.05) is 6.54 Å². The van der Waals surface area contributed by atoms with E-state index in [-0.39, 0.29) is 12.4 Å². The van der Waals surface area contributed by atoms with E-state index in [4.69, 9.17) is 11.6 Å². The zero-order chi connectivity index (χ0) is 14.0. The van der Waals surface area contributed by atoms with Crippen LogP contribution in [-0.4, -0.2) is 28.1 Å². The van der Waals surface area contributed by atoms with Crippen LogP contribution in [0.25, 0.3) is 0 Å². The van der Waals surface area contributed by atoms with E-state index in [0.29, 0.717) is 23.6 Å². The summed E-state index contributed by atoms with van der Waals surface area (Å²) in [4.78, 5) is 13.3. The molecule has 104 valence electrons. The van der Waals surface area contributed by atoms with Gasteiger partial charge in [-0.25, -0.2) is 4.39 Å². The third-order valence-corrected chi connectivity index (χ3v) is 4.27. The smallest absolute Gasteiger partial charge is 0.323 e. The quantitative estimate of drug-likeness (QED) is 0.926. The number of hydrogen-bond donors (Lipinski definition) is 1. The van der Waals surface area contributed by atoms with Crippen LogP contribution in [0.1, 0.15) is 31.7 Å². The maximum Gasteiger partial charge on any atom is 0.323 e. The van der Waals surface area contributed by atoms with Crippen molar-refractivity contribution in [2.45, 2.75) is 38.3 Å². The van der Waals surface area contributed by atoms with Crippen molar-refractivity contribution in [3.63, 3.8) is 0 Å². The van der Waals surface area contributed by atoms with Crippen molar-refractivity contribution in [2.24, 2.45) is 0 Å². The summed E-state index contributed by atoms with van der Waals surface area (Å²) in [5, 5.41) is 9.76. The molecule has 0 bridgehead atoms. The molecule has 2 rings (SSSR count). The first-order chi connectivity index (χ1) is 8.95. The molecule has 1 fully saturated rings. The van der Waals surface area contributed by atoms with Gasteiger partial charge in [0, 0.05) is 17.1 Å². The highest BCUT2D eigenvalue weighted by Gasteiger charge is 2.41. The van der Waals surface area contributed by atoms with E-state index < -0.39 is 11.5 Å². The largest absolute Gasteiger partial charge is 0.480 e. The highest BCUT2D eigenvalue weighted by Crippen LogP contribution is 2.31. The number of carboxylic acid groups (broad SMARTS) is 1. The zero-order valence-corrected chi connectivity index (χ0v) is 11.6. The number of carbonyl (C=O) groups is 1. The van der Waals surface area contributed by atoms with Crippen LogP contribution in [0.3, 0.4) is 0 Å². The van der Waals surface area contributed by atoms with Gasteiger partial charge in [-0.15, -0.1) is 0 Å². The summed E-state index contributed by atoms with van der Waals surface area (Å²) in [5.74, 6) is -1.24. The Labute approximate surface area is 117 Å². The fourth-order valence-electron chi connectivity index (χ4n) is 2.55. The van der Waals surface area contributed by atoms with Crippen molar-refractivity contribution >= 4 is 17.6 Å². The van der Waals surface area contributed by atoms with Crippen molar-refractivity contribution in [1.82, 2.24) is 4.90 Å². The van der Waals surface area contributed by atoms with Gasteiger partial charge in [0.05, 0.1) is 0 Å². The molecule has 1 aromatic rings. The molecule has 19 heavy (non-hydrogen) atoms. The molecule has 1 heterocycles. The second-order valence-electron chi connectivity index (χ2n) is 5.16. The Kier molecular flexibility index (Phi) is 4.11. The lowest BCUT2D eigenvalue weighted by Gasteiger charge is -2.41. The van der Waals surface area contributed by atoms with Crippen molar-refractivity contribution in [1.29, 1.82) is 0 Å². The second kappa shape index (κ2) is 5.47. The fourth-order valence-corrected chi connectivity index (χ4v) is 2.77. The van der Waals surface area contributed by atoms with Crippen LogP contribution in [-0.2, 0) is 11.3 Å². The van der Waals surface area contributed by atoms with Crippen molar-refractivity contribution in [3.8, 4) is 0 Å². The van der Waals surface area contributed by atoms with Gasteiger partial charge in [-0.05, 0) is 44.9 Å². The van der Waals surface area contributed by atoms with E-state index in [1.165, 1.54) is 6.07 Å². The van der Waals surface area contributed by atoms with E-state index in [1.54, 1.807) is 19.1 Å². The van der Waals surface area contributed by atoms with Gasteiger partial charge in [0.25, 0.3) is 0 Å². The monoisotopic (exact) mass is 285 g/mol. The van der Waals surface area contributed by atoms with Crippen LogP contribution in [0.5, 0.6) is 0 Å². The third kappa shape index (κ3) is 2.74. The van der Waals surface area contributed by atoms with E-state index in [1.807, 2.05) is 4.90 Å². The first-order valence-corrected chi connectivity index (χ1v) is 6.74. The third-order valence-electron chi connectivity index (χ3n) is 3.91. The van der Waals surface area contributed by atoms with Crippen LogP contribution in [0.4, 0.5) is 4.39 Å². The Morgan fingerprint density at radius 3 is 2.89 bits per heavy atom. The van der Waals surface area contributed by atoms with Crippen LogP contribution in [0.15, 0.2) is 18.2 Å². The van der Waals surface area contributed by atoms with Crippen molar-refractivity contribution in [3.05, 3.63) is 34.6 Å². The molecule has 1 atom stereocenters. The van der Waals surface area contributed by atoms with Gasteiger partial charge in [0.1, 0.15) is 11.4 Å². The molecule has 0 saturated carbocycles.